The minimum atomic E-state index is -0.200. The molecular formula is C15H23FN2. The fraction of sp³-hybridized carbons (Fsp3) is 0.600. The summed E-state index contributed by atoms with van der Waals surface area (Å²) < 4.78 is 13.2. The van der Waals surface area contributed by atoms with Gasteiger partial charge in [0.1, 0.15) is 5.82 Å². The molecule has 100 valence electrons. The van der Waals surface area contributed by atoms with E-state index in [9.17, 15) is 4.39 Å². The Morgan fingerprint density at radius 1 is 1.44 bits per heavy atom. The minimum Gasteiger partial charge on any atom is -0.323 e. The SMILES string of the molecule is CCCCN(CC(N)c1cccc(F)c1)C1CC1. The largest absolute Gasteiger partial charge is 0.323 e. The second-order valence-electron chi connectivity index (χ2n) is 5.24. The van der Waals surface area contributed by atoms with Crippen LogP contribution >= 0.6 is 0 Å². The van der Waals surface area contributed by atoms with Gasteiger partial charge in [-0.05, 0) is 43.5 Å². The topological polar surface area (TPSA) is 29.3 Å². The number of nitrogens with two attached hydrogens (primary N) is 1. The van der Waals surface area contributed by atoms with Gasteiger partial charge in [0, 0.05) is 18.6 Å². The zero-order valence-corrected chi connectivity index (χ0v) is 11.1. The Kier molecular flexibility index (Phi) is 4.72. The molecule has 0 radical (unpaired) electrons. The van der Waals surface area contributed by atoms with E-state index in [1.807, 2.05) is 6.07 Å². The van der Waals surface area contributed by atoms with Crippen molar-refractivity contribution in [1.82, 2.24) is 4.90 Å². The Morgan fingerprint density at radius 2 is 2.22 bits per heavy atom. The molecule has 0 saturated heterocycles. The molecule has 0 bridgehead atoms. The summed E-state index contributed by atoms with van der Waals surface area (Å²) in [6, 6.07) is 7.30. The second kappa shape index (κ2) is 6.30. The third-order valence-corrected chi connectivity index (χ3v) is 3.57. The monoisotopic (exact) mass is 250 g/mol. The molecule has 0 spiro atoms. The maximum Gasteiger partial charge on any atom is 0.123 e. The summed E-state index contributed by atoms with van der Waals surface area (Å²) >= 11 is 0. The summed E-state index contributed by atoms with van der Waals surface area (Å²) in [5, 5.41) is 0. The Labute approximate surface area is 109 Å². The predicted octanol–water partition coefficient (Wildman–Crippen LogP) is 3.09. The molecule has 0 amide bonds. The lowest BCUT2D eigenvalue weighted by molar-refractivity contribution is 0.243. The van der Waals surface area contributed by atoms with Gasteiger partial charge >= 0.3 is 0 Å². The number of hydrogen-bond donors (Lipinski definition) is 1. The van der Waals surface area contributed by atoms with Crippen LogP contribution in [0.1, 0.15) is 44.2 Å². The molecule has 1 unspecified atom stereocenters. The molecule has 1 fully saturated rings. The summed E-state index contributed by atoms with van der Waals surface area (Å²) in [5.41, 5.74) is 7.09. The molecule has 2 N–H and O–H groups in total. The van der Waals surface area contributed by atoms with Crippen molar-refractivity contribution in [2.75, 3.05) is 13.1 Å². The van der Waals surface area contributed by atoms with E-state index in [0.29, 0.717) is 0 Å². The maximum absolute atomic E-state index is 13.2. The van der Waals surface area contributed by atoms with E-state index in [0.717, 1.165) is 24.7 Å². The molecule has 18 heavy (non-hydrogen) atoms. The van der Waals surface area contributed by atoms with Crippen LogP contribution in [0.15, 0.2) is 24.3 Å². The first-order valence-electron chi connectivity index (χ1n) is 6.95. The summed E-state index contributed by atoms with van der Waals surface area (Å²) in [4.78, 5) is 2.47. The van der Waals surface area contributed by atoms with Crippen molar-refractivity contribution < 1.29 is 4.39 Å². The van der Waals surface area contributed by atoms with E-state index in [4.69, 9.17) is 5.73 Å². The quantitative estimate of drug-likeness (QED) is 0.805. The molecular weight excluding hydrogens is 227 g/mol. The van der Waals surface area contributed by atoms with Crippen molar-refractivity contribution in [3.8, 4) is 0 Å². The summed E-state index contributed by atoms with van der Waals surface area (Å²) in [6.07, 6.45) is 5.00. The van der Waals surface area contributed by atoms with Gasteiger partial charge in [-0.15, -0.1) is 0 Å². The maximum atomic E-state index is 13.2. The number of hydrogen-bond acceptors (Lipinski definition) is 2. The molecule has 1 aliphatic rings. The zero-order valence-electron chi connectivity index (χ0n) is 11.1. The number of benzene rings is 1. The van der Waals surface area contributed by atoms with Crippen LogP contribution in [0, 0.1) is 5.82 Å². The Bertz CT molecular complexity index is 377. The molecule has 1 atom stereocenters. The molecule has 1 aromatic carbocycles. The van der Waals surface area contributed by atoms with Gasteiger partial charge in [-0.3, -0.25) is 4.90 Å². The van der Waals surface area contributed by atoms with E-state index in [1.54, 1.807) is 12.1 Å². The van der Waals surface area contributed by atoms with E-state index >= 15 is 0 Å². The Morgan fingerprint density at radius 3 is 2.83 bits per heavy atom. The summed E-state index contributed by atoms with van der Waals surface area (Å²) in [5.74, 6) is -0.200. The normalized spacial score (nSPS) is 17.1. The highest BCUT2D eigenvalue weighted by Gasteiger charge is 2.29. The van der Waals surface area contributed by atoms with E-state index < -0.39 is 0 Å². The standard InChI is InChI=1S/C15H23FN2/c1-2-3-9-18(14-7-8-14)11-15(17)12-5-4-6-13(16)10-12/h4-6,10,14-15H,2-3,7-9,11,17H2,1H3. The molecule has 2 nitrogen and oxygen atoms in total. The zero-order chi connectivity index (χ0) is 13.0. The van der Waals surface area contributed by atoms with Crippen LogP contribution in [0.4, 0.5) is 4.39 Å². The molecule has 0 aromatic heterocycles. The van der Waals surface area contributed by atoms with Crippen molar-refractivity contribution in [1.29, 1.82) is 0 Å². The first-order chi connectivity index (χ1) is 8.70. The predicted molar refractivity (Wildman–Crippen MR) is 72.8 cm³/mol. The van der Waals surface area contributed by atoms with Crippen molar-refractivity contribution >= 4 is 0 Å². The average molecular weight is 250 g/mol. The number of nitrogens with zero attached hydrogens (tertiary/aromatic N) is 1. The van der Waals surface area contributed by atoms with Gasteiger partial charge in [0.2, 0.25) is 0 Å². The van der Waals surface area contributed by atoms with Gasteiger partial charge in [0.15, 0.2) is 0 Å². The van der Waals surface area contributed by atoms with Crippen LogP contribution in [-0.2, 0) is 0 Å². The summed E-state index contributed by atoms with van der Waals surface area (Å²) in [6.45, 7) is 4.16. The third-order valence-electron chi connectivity index (χ3n) is 3.57. The van der Waals surface area contributed by atoms with Crippen LogP contribution in [0.2, 0.25) is 0 Å². The smallest absolute Gasteiger partial charge is 0.123 e. The summed E-state index contributed by atoms with van der Waals surface area (Å²) in [7, 11) is 0. The number of halogens is 1. The average Bonchev–Trinajstić information content (AvgIpc) is 3.18. The Balaban J connectivity index is 1.93. The molecule has 1 aromatic rings. The lowest BCUT2D eigenvalue weighted by Gasteiger charge is -2.25. The highest BCUT2D eigenvalue weighted by molar-refractivity contribution is 5.20. The van der Waals surface area contributed by atoms with Gasteiger partial charge < -0.3 is 5.73 Å². The number of rotatable bonds is 7. The van der Waals surface area contributed by atoms with Gasteiger partial charge in [0.25, 0.3) is 0 Å². The minimum absolute atomic E-state index is 0.0850. The first kappa shape index (κ1) is 13.5. The van der Waals surface area contributed by atoms with Crippen molar-refractivity contribution in [3.63, 3.8) is 0 Å². The lowest BCUT2D eigenvalue weighted by Crippen LogP contribution is -2.34. The Hall–Kier alpha value is -0.930. The molecule has 2 rings (SSSR count). The van der Waals surface area contributed by atoms with Crippen LogP contribution in [0.5, 0.6) is 0 Å². The van der Waals surface area contributed by atoms with Crippen molar-refractivity contribution in [3.05, 3.63) is 35.6 Å². The molecule has 1 aliphatic carbocycles. The van der Waals surface area contributed by atoms with E-state index in [-0.39, 0.29) is 11.9 Å². The van der Waals surface area contributed by atoms with Gasteiger partial charge in [-0.25, -0.2) is 4.39 Å². The van der Waals surface area contributed by atoms with E-state index in [2.05, 4.69) is 11.8 Å². The van der Waals surface area contributed by atoms with Gasteiger partial charge in [-0.2, -0.15) is 0 Å². The highest BCUT2D eigenvalue weighted by Crippen LogP contribution is 2.28. The highest BCUT2D eigenvalue weighted by atomic mass is 19.1. The van der Waals surface area contributed by atoms with Crippen LogP contribution in [-0.4, -0.2) is 24.0 Å². The van der Waals surface area contributed by atoms with Crippen molar-refractivity contribution in [2.45, 2.75) is 44.7 Å². The third kappa shape index (κ3) is 3.79. The second-order valence-corrected chi connectivity index (χ2v) is 5.24. The molecule has 3 heteroatoms. The fourth-order valence-corrected chi connectivity index (χ4v) is 2.32. The van der Waals surface area contributed by atoms with E-state index in [1.165, 1.54) is 31.7 Å². The first-order valence-corrected chi connectivity index (χ1v) is 6.95. The van der Waals surface area contributed by atoms with Crippen LogP contribution in [0.25, 0.3) is 0 Å². The molecule has 1 saturated carbocycles. The van der Waals surface area contributed by atoms with Gasteiger partial charge in [-0.1, -0.05) is 25.5 Å². The van der Waals surface area contributed by atoms with Crippen LogP contribution < -0.4 is 5.73 Å². The van der Waals surface area contributed by atoms with Crippen molar-refractivity contribution in [2.24, 2.45) is 5.73 Å². The number of unbranched alkanes of at least 4 members (excludes halogenated alkanes) is 1. The molecule has 0 heterocycles. The fourth-order valence-electron chi connectivity index (χ4n) is 2.32. The lowest BCUT2D eigenvalue weighted by atomic mass is 10.1. The van der Waals surface area contributed by atoms with Gasteiger partial charge in [0.05, 0.1) is 0 Å². The molecule has 0 aliphatic heterocycles. The van der Waals surface area contributed by atoms with Crippen LogP contribution in [0.3, 0.4) is 0 Å².